The lowest BCUT2D eigenvalue weighted by Gasteiger charge is -2.01. The summed E-state index contributed by atoms with van der Waals surface area (Å²) in [7, 11) is 0. The molecule has 0 aliphatic rings. The van der Waals surface area contributed by atoms with Crippen LogP contribution in [0.15, 0.2) is 23.7 Å². The average Bonchev–Trinajstić information content (AvgIpc) is 1.82. The van der Waals surface area contributed by atoms with E-state index in [4.69, 9.17) is 5.11 Å². The van der Waals surface area contributed by atoms with Crippen molar-refractivity contribution in [2.75, 3.05) is 0 Å². The first kappa shape index (κ1) is 9.94. The highest BCUT2D eigenvalue weighted by Crippen LogP contribution is 2.04. The van der Waals surface area contributed by atoms with Gasteiger partial charge in [-0.1, -0.05) is 0 Å². The van der Waals surface area contributed by atoms with Crippen LogP contribution >= 0.6 is 0 Å². The Kier molecular flexibility index (Phi) is 4.26. The molecule has 0 unspecified atom stereocenters. The number of hydrogen-bond acceptors (Lipinski definition) is 2. The van der Waals surface area contributed by atoms with Gasteiger partial charge in [-0.2, -0.15) is 8.78 Å². The van der Waals surface area contributed by atoms with E-state index in [1.165, 1.54) is 26.0 Å². The molecule has 0 radical (unpaired) electrons. The summed E-state index contributed by atoms with van der Waals surface area (Å²) in [5.74, 6) is 0.107. The predicted molar refractivity (Wildman–Crippen MR) is 37.2 cm³/mol. The van der Waals surface area contributed by atoms with Crippen LogP contribution in [0.2, 0.25) is 0 Å². The maximum Gasteiger partial charge on any atom is 0.387 e. The van der Waals surface area contributed by atoms with Crippen LogP contribution in [0.3, 0.4) is 0 Å². The molecule has 1 N–H and O–H groups in total. The summed E-state index contributed by atoms with van der Waals surface area (Å²) < 4.78 is 26.9. The summed E-state index contributed by atoms with van der Waals surface area (Å²) in [5.41, 5.74) is 0. The van der Waals surface area contributed by atoms with Gasteiger partial charge in [0.15, 0.2) is 0 Å². The number of hydrogen-bond donors (Lipinski definition) is 1. The quantitative estimate of drug-likeness (QED) is 0.513. The number of halogens is 2. The van der Waals surface area contributed by atoms with E-state index >= 15 is 0 Å². The number of aliphatic hydroxyl groups excluding tert-OH is 1. The molecule has 0 aromatic rings. The average molecular weight is 164 g/mol. The molecule has 0 aromatic carbocycles. The predicted octanol–water partition coefficient (Wildman–Crippen LogP) is 2.59. The number of alkyl halides is 2. The van der Waals surface area contributed by atoms with Crippen LogP contribution in [0.1, 0.15) is 13.8 Å². The van der Waals surface area contributed by atoms with Crippen LogP contribution in [0.4, 0.5) is 8.78 Å². The smallest absolute Gasteiger partial charge is 0.387 e. The summed E-state index contributed by atoms with van der Waals surface area (Å²) in [6, 6.07) is 0. The molecule has 0 fully saturated rings. The molecule has 0 saturated carbocycles. The third kappa shape index (κ3) is 6.83. The summed E-state index contributed by atoms with van der Waals surface area (Å²) in [5, 5.41) is 8.61. The summed E-state index contributed by atoms with van der Waals surface area (Å²) in [6.07, 6.45) is 2.54. The van der Waals surface area contributed by atoms with Crippen LogP contribution in [-0.4, -0.2) is 11.7 Å². The zero-order valence-electron chi connectivity index (χ0n) is 6.34. The molecule has 0 aromatic heterocycles. The fraction of sp³-hybridized carbons (Fsp3) is 0.429. The van der Waals surface area contributed by atoms with E-state index in [1.54, 1.807) is 0 Å². The first-order valence-corrected chi connectivity index (χ1v) is 3.01. The lowest BCUT2D eigenvalue weighted by atomic mass is 10.4. The first-order chi connectivity index (χ1) is 5.02. The summed E-state index contributed by atoms with van der Waals surface area (Å²) in [6.45, 7) is 0.0104. The van der Waals surface area contributed by atoms with Crippen molar-refractivity contribution >= 4 is 0 Å². The van der Waals surface area contributed by atoms with Crippen molar-refractivity contribution in [2.24, 2.45) is 0 Å². The van der Waals surface area contributed by atoms with Gasteiger partial charge in [-0.25, -0.2) is 0 Å². The zero-order valence-corrected chi connectivity index (χ0v) is 6.34. The van der Waals surface area contributed by atoms with Gasteiger partial charge in [0.25, 0.3) is 0 Å². The topological polar surface area (TPSA) is 29.5 Å². The third-order valence-corrected chi connectivity index (χ3v) is 0.834. The van der Waals surface area contributed by atoms with Crippen molar-refractivity contribution in [3.8, 4) is 0 Å². The Hall–Kier alpha value is -1.06. The van der Waals surface area contributed by atoms with Crippen LogP contribution < -0.4 is 0 Å². The Morgan fingerprint density at radius 3 is 2.27 bits per heavy atom. The largest absolute Gasteiger partial charge is 0.513 e. The molecule has 0 spiro atoms. The van der Waals surface area contributed by atoms with Gasteiger partial charge in [-0.15, -0.1) is 0 Å². The number of allylic oxidation sites excluding steroid dienone is 4. The summed E-state index contributed by atoms with van der Waals surface area (Å²) >= 11 is 0. The van der Waals surface area contributed by atoms with Gasteiger partial charge >= 0.3 is 6.61 Å². The second-order valence-corrected chi connectivity index (χ2v) is 1.96. The maximum absolute atomic E-state index is 11.5. The van der Waals surface area contributed by atoms with Crippen LogP contribution in [0, 0.1) is 0 Å². The molecule has 0 aliphatic carbocycles. The second kappa shape index (κ2) is 4.71. The maximum atomic E-state index is 11.5. The monoisotopic (exact) mass is 164 g/mol. The van der Waals surface area contributed by atoms with Crippen molar-refractivity contribution < 1.29 is 18.6 Å². The first-order valence-electron chi connectivity index (χ1n) is 3.01. The fourth-order valence-electron chi connectivity index (χ4n) is 0.418. The van der Waals surface area contributed by atoms with E-state index in [2.05, 4.69) is 4.74 Å². The van der Waals surface area contributed by atoms with Gasteiger partial charge < -0.3 is 9.84 Å². The van der Waals surface area contributed by atoms with Crippen molar-refractivity contribution in [1.82, 2.24) is 0 Å². The number of ether oxygens (including phenoxy) is 1. The molecule has 4 heteroatoms. The van der Waals surface area contributed by atoms with E-state index in [0.717, 1.165) is 0 Å². The van der Waals surface area contributed by atoms with Crippen molar-refractivity contribution in [3.05, 3.63) is 23.7 Å². The zero-order chi connectivity index (χ0) is 8.85. The van der Waals surface area contributed by atoms with E-state index in [-0.39, 0.29) is 11.5 Å². The molecule has 0 saturated heterocycles. The lowest BCUT2D eigenvalue weighted by Crippen LogP contribution is -1.95. The van der Waals surface area contributed by atoms with E-state index in [9.17, 15) is 8.78 Å². The third-order valence-electron chi connectivity index (χ3n) is 0.834. The molecular weight excluding hydrogens is 154 g/mol. The lowest BCUT2D eigenvalue weighted by molar-refractivity contribution is -0.0953. The van der Waals surface area contributed by atoms with Crippen LogP contribution in [0.25, 0.3) is 0 Å². The SMILES string of the molecule is C/C(O)=C\C=C(/C)OC(F)F. The van der Waals surface area contributed by atoms with Gasteiger partial charge in [0.2, 0.25) is 0 Å². The highest BCUT2D eigenvalue weighted by Gasteiger charge is 2.00. The Bertz CT molecular complexity index is 169. The molecule has 0 amide bonds. The molecule has 0 aliphatic heterocycles. The van der Waals surface area contributed by atoms with E-state index in [0.29, 0.717) is 0 Å². The molecule has 0 bridgehead atoms. The van der Waals surface area contributed by atoms with E-state index < -0.39 is 6.61 Å². The van der Waals surface area contributed by atoms with Gasteiger partial charge in [-0.05, 0) is 26.0 Å². The molecule has 64 valence electrons. The van der Waals surface area contributed by atoms with Crippen LogP contribution in [-0.2, 0) is 4.74 Å². The Morgan fingerprint density at radius 2 is 1.91 bits per heavy atom. The van der Waals surface area contributed by atoms with Gasteiger partial charge in [0, 0.05) is 0 Å². The van der Waals surface area contributed by atoms with Crippen LogP contribution in [0.5, 0.6) is 0 Å². The minimum Gasteiger partial charge on any atom is -0.513 e. The molecule has 0 atom stereocenters. The molecule has 0 heterocycles. The Labute approximate surface area is 63.8 Å². The Morgan fingerprint density at radius 1 is 1.36 bits per heavy atom. The molecule has 2 nitrogen and oxygen atoms in total. The van der Waals surface area contributed by atoms with Gasteiger partial charge in [0.05, 0.1) is 11.5 Å². The molecule has 11 heavy (non-hydrogen) atoms. The Balaban J connectivity index is 3.91. The van der Waals surface area contributed by atoms with E-state index in [1.807, 2.05) is 0 Å². The number of aliphatic hydroxyl groups is 1. The van der Waals surface area contributed by atoms with Gasteiger partial charge in [0.1, 0.15) is 0 Å². The summed E-state index contributed by atoms with van der Waals surface area (Å²) in [4.78, 5) is 0. The van der Waals surface area contributed by atoms with Crippen molar-refractivity contribution in [3.63, 3.8) is 0 Å². The standard InChI is InChI=1S/C7H10F2O2/c1-5(10)3-4-6(2)11-7(8)9/h3-4,7,10H,1-2H3/b5-3+,6-4+. The fourth-order valence-corrected chi connectivity index (χ4v) is 0.418. The molecular formula is C7H10F2O2. The highest BCUT2D eigenvalue weighted by molar-refractivity contribution is 5.07. The second-order valence-electron chi connectivity index (χ2n) is 1.96. The number of rotatable bonds is 3. The minimum absolute atomic E-state index is 0.0437. The minimum atomic E-state index is -2.81. The highest BCUT2D eigenvalue weighted by atomic mass is 19.3. The normalized spacial score (nSPS) is 13.9. The van der Waals surface area contributed by atoms with Crippen molar-refractivity contribution in [2.45, 2.75) is 20.5 Å². The van der Waals surface area contributed by atoms with Gasteiger partial charge in [-0.3, -0.25) is 0 Å². The molecule has 0 rings (SSSR count). The van der Waals surface area contributed by atoms with Crippen molar-refractivity contribution in [1.29, 1.82) is 0 Å².